The van der Waals surface area contributed by atoms with Crippen LogP contribution in [0.15, 0.2) is 58.5 Å². The number of nitrogens with one attached hydrogen (secondary N) is 1. The Morgan fingerprint density at radius 2 is 1.93 bits per heavy atom. The fourth-order valence-electron chi connectivity index (χ4n) is 2.85. The maximum atomic E-state index is 12.7. The first-order valence-electron chi connectivity index (χ1n) is 8.84. The topological polar surface area (TPSA) is 68.3 Å². The highest BCUT2D eigenvalue weighted by molar-refractivity contribution is 7.10. The number of benzene rings is 1. The van der Waals surface area contributed by atoms with Crippen molar-refractivity contribution in [1.29, 1.82) is 0 Å². The molecule has 3 aromatic rings. The zero-order chi connectivity index (χ0) is 18.5. The Hall–Kier alpha value is -2.08. The van der Waals surface area contributed by atoms with Crippen LogP contribution in [-0.2, 0) is 6.54 Å². The van der Waals surface area contributed by atoms with Gasteiger partial charge in [-0.2, -0.15) is 0 Å². The monoisotopic (exact) mass is 404 g/mol. The van der Waals surface area contributed by atoms with E-state index in [0.29, 0.717) is 17.2 Å². The maximum absolute atomic E-state index is 12.7. The number of amides is 1. The summed E-state index contributed by atoms with van der Waals surface area (Å²) in [4.78, 5) is 13.8. The van der Waals surface area contributed by atoms with Crippen molar-refractivity contribution in [2.24, 2.45) is 5.73 Å². The number of halogens is 1. The summed E-state index contributed by atoms with van der Waals surface area (Å²) in [5.41, 5.74) is 8.43. The van der Waals surface area contributed by atoms with Crippen LogP contribution in [0.4, 0.5) is 0 Å². The lowest BCUT2D eigenvalue weighted by Gasteiger charge is -2.19. The van der Waals surface area contributed by atoms with Gasteiger partial charge in [-0.25, -0.2) is 0 Å². The first-order chi connectivity index (χ1) is 12.6. The van der Waals surface area contributed by atoms with Crippen LogP contribution in [0.2, 0.25) is 0 Å². The normalized spacial score (nSPS) is 12.9. The number of carbonyl (C=O) groups is 1. The number of rotatable bonds is 7. The van der Waals surface area contributed by atoms with E-state index in [1.165, 1.54) is 11.8 Å². The number of carbonyl (C=O) groups excluding carboxylic acids is 1. The Morgan fingerprint density at radius 1 is 1.22 bits per heavy atom. The quantitative estimate of drug-likeness (QED) is 0.564. The third-order valence-electron chi connectivity index (χ3n) is 4.67. The predicted molar refractivity (Wildman–Crippen MR) is 113 cm³/mol. The molecule has 144 valence electrons. The molecule has 0 bridgehead atoms. The summed E-state index contributed by atoms with van der Waals surface area (Å²) in [6, 6.07) is 14.0. The summed E-state index contributed by atoms with van der Waals surface area (Å²) in [6.45, 7) is 4.69. The predicted octanol–water partition coefficient (Wildman–Crippen LogP) is 5.25. The van der Waals surface area contributed by atoms with Crippen molar-refractivity contribution in [2.75, 3.05) is 0 Å². The fraction of sp³-hybridized carbons (Fsp3) is 0.286. The van der Waals surface area contributed by atoms with Crippen LogP contribution in [0.25, 0.3) is 0 Å². The van der Waals surface area contributed by atoms with Crippen molar-refractivity contribution in [1.82, 2.24) is 5.32 Å². The number of hydrogen-bond acceptors (Lipinski definition) is 4. The van der Waals surface area contributed by atoms with Gasteiger partial charge in [0, 0.05) is 4.88 Å². The van der Waals surface area contributed by atoms with Gasteiger partial charge >= 0.3 is 0 Å². The molecule has 3 N–H and O–H groups in total. The summed E-state index contributed by atoms with van der Waals surface area (Å²) < 4.78 is 5.28. The van der Waals surface area contributed by atoms with Gasteiger partial charge in [0.25, 0.3) is 5.91 Å². The van der Waals surface area contributed by atoms with E-state index in [-0.39, 0.29) is 30.9 Å². The molecule has 4 nitrogen and oxygen atoms in total. The van der Waals surface area contributed by atoms with Gasteiger partial charge in [-0.15, -0.1) is 23.7 Å². The van der Waals surface area contributed by atoms with Gasteiger partial charge in [0.05, 0.1) is 18.2 Å². The molecule has 0 fully saturated rings. The molecule has 2 heterocycles. The van der Waals surface area contributed by atoms with Crippen LogP contribution >= 0.6 is 23.7 Å². The first-order valence-corrected chi connectivity index (χ1v) is 9.72. The van der Waals surface area contributed by atoms with Gasteiger partial charge in [0.15, 0.2) is 0 Å². The van der Waals surface area contributed by atoms with Crippen molar-refractivity contribution in [3.63, 3.8) is 0 Å². The van der Waals surface area contributed by atoms with Gasteiger partial charge in [0.2, 0.25) is 0 Å². The van der Waals surface area contributed by atoms with Gasteiger partial charge in [-0.05, 0) is 41.0 Å². The van der Waals surface area contributed by atoms with Crippen LogP contribution in [0, 0.1) is 0 Å². The Balaban J connectivity index is 0.00000261. The van der Waals surface area contributed by atoms with E-state index in [2.05, 4.69) is 43.4 Å². The summed E-state index contributed by atoms with van der Waals surface area (Å²) in [6.07, 6.45) is 2.56. The molecule has 27 heavy (non-hydrogen) atoms. The number of hydrogen-bond donors (Lipinski definition) is 2. The third-order valence-corrected chi connectivity index (χ3v) is 5.61. The minimum absolute atomic E-state index is 0. The average Bonchev–Trinajstić information content (AvgIpc) is 3.37. The molecule has 0 aliphatic rings. The second-order valence-corrected chi connectivity index (χ2v) is 7.38. The second-order valence-electron chi connectivity index (χ2n) is 6.40. The van der Waals surface area contributed by atoms with E-state index in [9.17, 15) is 4.79 Å². The van der Waals surface area contributed by atoms with Gasteiger partial charge in [-0.1, -0.05) is 44.2 Å². The largest absolute Gasteiger partial charge is 0.467 e. The molecule has 6 heteroatoms. The molecule has 0 aliphatic carbocycles. The molecule has 2 atom stereocenters. The van der Waals surface area contributed by atoms with E-state index in [1.807, 2.05) is 17.5 Å². The van der Waals surface area contributed by atoms with E-state index < -0.39 is 0 Å². The van der Waals surface area contributed by atoms with Crippen molar-refractivity contribution in [2.45, 2.75) is 38.8 Å². The number of nitrogens with two attached hydrogens (primary N) is 1. The maximum Gasteiger partial charge on any atom is 0.255 e. The Morgan fingerprint density at radius 3 is 2.48 bits per heavy atom. The molecule has 0 saturated carbocycles. The Kier molecular flexibility index (Phi) is 7.66. The summed E-state index contributed by atoms with van der Waals surface area (Å²) in [5.74, 6) is 0.957. The van der Waals surface area contributed by atoms with E-state index in [0.717, 1.165) is 16.9 Å². The lowest BCUT2D eigenvalue weighted by atomic mass is 9.95. The third kappa shape index (κ3) is 5.01. The van der Waals surface area contributed by atoms with Crippen LogP contribution < -0.4 is 11.1 Å². The highest BCUT2D eigenvalue weighted by Crippen LogP contribution is 2.28. The number of thiophene rings is 1. The molecule has 1 amide bonds. The minimum atomic E-state index is -0.190. The van der Waals surface area contributed by atoms with Crippen LogP contribution in [0.3, 0.4) is 0 Å². The summed E-state index contributed by atoms with van der Waals surface area (Å²) in [5, 5.41) is 5.14. The average molecular weight is 405 g/mol. The highest BCUT2D eigenvalue weighted by atomic mass is 35.5. The molecular weight excluding hydrogens is 380 g/mol. The Labute approximate surface area is 170 Å². The van der Waals surface area contributed by atoms with Crippen LogP contribution in [0.1, 0.15) is 64.4 Å². The molecule has 0 radical (unpaired) electrons. The van der Waals surface area contributed by atoms with Crippen LogP contribution in [0.5, 0.6) is 0 Å². The molecule has 2 aromatic heterocycles. The zero-order valence-corrected chi connectivity index (χ0v) is 17.1. The fourth-order valence-corrected chi connectivity index (χ4v) is 3.65. The molecule has 3 rings (SSSR count). The molecule has 0 spiro atoms. The van der Waals surface area contributed by atoms with Crippen molar-refractivity contribution in [3.8, 4) is 0 Å². The number of furan rings is 1. The lowest BCUT2D eigenvalue weighted by molar-refractivity contribution is 0.0943. The summed E-state index contributed by atoms with van der Waals surface area (Å²) in [7, 11) is 0. The van der Waals surface area contributed by atoms with E-state index in [4.69, 9.17) is 10.2 Å². The van der Waals surface area contributed by atoms with Crippen molar-refractivity contribution < 1.29 is 9.21 Å². The molecular formula is C21H25ClN2O2S. The van der Waals surface area contributed by atoms with Crippen LogP contribution in [-0.4, -0.2) is 5.91 Å². The first kappa shape index (κ1) is 21.2. The minimum Gasteiger partial charge on any atom is -0.467 e. The molecule has 2 unspecified atom stereocenters. The zero-order valence-electron chi connectivity index (χ0n) is 15.5. The molecule has 0 saturated heterocycles. The van der Waals surface area contributed by atoms with Crippen molar-refractivity contribution in [3.05, 3.63) is 81.4 Å². The second kappa shape index (κ2) is 9.74. The highest BCUT2D eigenvalue weighted by Gasteiger charge is 2.20. The summed E-state index contributed by atoms with van der Waals surface area (Å²) >= 11 is 1.63. The smallest absolute Gasteiger partial charge is 0.255 e. The molecule has 1 aromatic carbocycles. The van der Waals surface area contributed by atoms with Gasteiger partial charge in [-0.3, -0.25) is 4.79 Å². The SMILES string of the molecule is CCC(C)c1ccc(C(NC(=O)c2coc(CN)c2)c2cccs2)cc1.Cl. The van der Waals surface area contributed by atoms with Gasteiger partial charge in [0.1, 0.15) is 12.0 Å². The molecule has 0 aliphatic heterocycles. The van der Waals surface area contributed by atoms with E-state index >= 15 is 0 Å². The standard InChI is InChI=1S/C21H24N2O2S.ClH/c1-3-14(2)15-6-8-16(9-7-15)20(19-5-4-10-26-19)23-21(24)17-11-18(12-22)25-13-17;/h4-11,13-14,20H,3,12,22H2,1-2H3,(H,23,24);1H. The van der Waals surface area contributed by atoms with E-state index in [1.54, 1.807) is 17.4 Å². The van der Waals surface area contributed by atoms with Gasteiger partial charge < -0.3 is 15.5 Å². The lowest BCUT2D eigenvalue weighted by Crippen LogP contribution is -2.28. The van der Waals surface area contributed by atoms with Crippen molar-refractivity contribution >= 4 is 29.7 Å². The Bertz CT molecular complexity index is 843.